The van der Waals surface area contributed by atoms with Gasteiger partial charge in [-0.2, -0.15) is 9.78 Å². The zero-order chi connectivity index (χ0) is 9.42. The second kappa shape index (κ2) is 2.44. The van der Waals surface area contributed by atoms with E-state index >= 15 is 0 Å². The summed E-state index contributed by atoms with van der Waals surface area (Å²) >= 11 is 0. The Morgan fingerprint density at radius 1 is 1.54 bits per heavy atom. The minimum atomic E-state index is -1.14. The number of aromatic nitrogens is 3. The number of hydrogen-bond donors (Lipinski definition) is 2. The van der Waals surface area contributed by atoms with Crippen molar-refractivity contribution in [2.24, 2.45) is 0 Å². The number of hydrogen-bond acceptors (Lipinski definition) is 4. The summed E-state index contributed by atoms with van der Waals surface area (Å²) in [5.74, 6) is 0.345. The quantitative estimate of drug-likeness (QED) is 0.613. The van der Waals surface area contributed by atoms with Crippen LogP contribution in [-0.2, 0) is 0 Å². The van der Waals surface area contributed by atoms with E-state index in [2.05, 4.69) is 10.1 Å². The molecule has 0 aliphatic carbocycles. The second-order valence-corrected chi connectivity index (χ2v) is 2.48. The van der Waals surface area contributed by atoms with E-state index in [1.807, 2.05) is 0 Å². The van der Waals surface area contributed by atoms with Crippen molar-refractivity contribution in [1.82, 2.24) is 14.8 Å². The molecule has 6 heteroatoms. The van der Waals surface area contributed by atoms with Crippen molar-refractivity contribution in [3.63, 3.8) is 0 Å². The maximum absolute atomic E-state index is 10.6. The molecule has 0 aromatic carbocycles. The van der Waals surface area contributed by atoms with E-state index in [9.17, 15) is 4.79 Å². The van der Waals surface area contributed by atoms with Crippen LogP contribution in [0.5, 0.6) is 0 Å². The minimum absolute atomic E-state index is 0.345. The molecule has 0 aliphatic rings. The summed E-state index contributed by atoms with van der Waals surface area (Å²) in [7, 11) is 0. The van der Waals surface area contributed by atoms with Gasteiger partial charge in [0.2, 0.25) is 0 Å². The molecule has 0 unspecified atom stereocenters. The van der Waals surface area contributed by atoms with E-state index in [0.29, 0.717) is 16.9 Å². The fourth-order valence-electron chi connectivity index (χ4n) is 1.08. The topological polar surface area (TPSA) is 94.0 Å². The standard InChI is InChI=1S/C7H6N4O2/c8-6-2-1-5-4(10-6)3-9-11(5)7(12)13/h1-3H,(H2,8,10)(H,12,13). The Morgan fingerprint density at radius 3 is 3.00 bits per heavy atom. The molecule has 0 atom stereocenters. The summed E-state index contributed by atoms with van der Waals surface area (Å²) in [5.41, 5.74) is 6.32. The van der Waals surface area contributed by atoms with Gasteiger partial charge in [-0.15, -0.1) is 0 Å². The SMILES string of the molecule is Nc1ccc2c(cnn2C(=O)O)n1. The van der Waals surface area contributed by atoms with E-state index in [1.54, 1.807) is 6.07 Å². The van der Waals surface area contributed by atoms with Crippen LogP contribution in [0, 0.1) is 0 Å². The van der Waals surface area contributed by atoms with Gasteiger partial charge >= 0.3 is 6.09 Å². The number of nitrogens with zero attached hydrogens (tertiary/aromatic N) is 3. The van der Waals surface area contributed by atoms with Crippen LogP contribution >= 0.6 is 0 Å². The lowest BCUT2D eigenvalue weighted by Crippen LogP contribution is -2.09. The Hall–Kier alpha value is -2.11. The van der Waals surface area contributed by atoms with E-state index < -0.39 is 6.09 Å². The smallest absolute Gasteiger partial charge is 0.432 e. The number of carboxylic acid groups (broad SMARTS) is 1. The number of pyridine rings is 1. The van der Waals surface area contributed by atoms with Crippen LogP contribution in [0.2, 0.25) is 0 Å². The lowest BCUT2D eigenvalue weighted by atomic mass is 10.4. The lowest BCUT2D eigenvalue weighted by Gasteiger charge is -1.94. The molecule has 3 N–H and O–H groups in total. The molecule has 2 heterocycles. The number of rotatable bonds is 0. The van der Waals surface area contributed by atoms with Crippen molar-refractivity contribution in [2.45, 2.75) is 0 Å². The first-order valence-corrected chi connectivity index (χ1v) is 3.52. The molecule has 0 radical (unpaired) electrons. The van der Waals surface area contributed by atoms with Gasteiger partial charge in [0.1, 0.15) is 11.3 Å². The summed E-state index contributed by atoms with van der Waals surface area (Å²) in [4.78, 5) is 14.5. The van der Waals surface area contributed by atoms with Crippen LogP contribution in [0.1, 0.15) is 0 Å². The molecule has 0 saturated carbocycles. The van der Waals surface area contributed by atoms with Gasteiger partial charge in [0, 0.05) is 0 Å². The lowest BCUT2D eigenvalue weighted by molar-refractivity contribution is 0.194. The van der Waals surface area contributed by atoms with Gasteiger partial charge in [-0.25, -0.2) is 9.78 Å². The number of carbonyl (C=O) groups is 1. The molecule has 13 heavy (non-hydrogen) atoms. The van der Waals surface area contributed by atoms with Crippen LogP contribution in [0.25, 0.3) is 11.0 Å². The summed E-state index contributed by atoms with van der Waals surface area (Å²) < 4.78 is 0.849. The largest absolute Gasteiger partial charge is 0.463 e. The maximum atomic E-state index is 10.6. The van der Waals surface area contributed by atoms with Crippen molar-refractivity contribution in [3.8, 4) is 0 Å². The average molecular weight is 178 g/mol. The van der Waals surface area contributed by atoms with Gasteiger partial charge in [-0.05, 0) is 12.1 Å². The number of nitrogen functional groups attached to an aromatic ring is 1. The van der Waals surface area contributed by atoms with Crippen LogP contribution in [0.3, 0.4) is 0 Å². The predicted molar refractivity (Wildman–Crippen MR) is 45.4 cm³/mol. The molecule has 0 amide bonds. The molecule has 2 rings (SSSR count). The third-order valence-electron chi connectivity index (χ3n) is 1.63. The molecule has 0 saturated heterocycles. The Balaban J connectivity index is 2.76. The van der Waals surface area contributed by atoms with Gasteiger partial charge in [-0.1, -0.05) is 0 Å². The fraction of sp³-hybridized carbons (Fsp3) is 0. The van der Waals surface area contributed by atoms with Crippen LogP contribution in [-0.4, -0.2) is 26.0 Å². The van der Waals surface area contributed by atoms with Gasteiger partial charge in [0.25, 0.3) is 0 Å². The first-order chi connectivity index (χ1) is 6.18. The summed E-state index contributed by atoms with van der Waals surface area (Å²) in [6.07, 6.45) is 0.223. The molecular formula is C7H6N4O2. The Kier molecular flexibility index (Phi) is 1.42. The van der Waals surface area contributed by atoms with Crippen molar-refractivity contribution in [2.75, 3.05) is 5.73 Å². The zero-order valence-corrected chi connectivity index (χ0v) is 6.51. The third kappa shape index (κ3) is 1.08. The molecule has 2 aromatic rings. The summed E-state index contributed by atoms with van der Waals surface area (Å²) in [5, 5.41) is 12.3. The summed E-state index contributed by atoms with van der Waals surface area (Å²) in [6, 6.07) is 3.10. The first kappa shape index (κ1) is 7.53. The van der Waals surface area contributed by atoms with E-state index in [0.717, 1.165) is 4.68 Å². The Labute approximate surface area is 72.6 Å². The first-order valence-electron chi connectivity index (χ1n) is 3.52. The Bertz CT molecular complexity index is 476. The predicted octanol–water partition coefficient (Wildman–Crippen LogP) is 0.540. The molecule has 2 aromatic heterocycles. The van der Waals surface area contributed by atoms with Gasteiger partial charge in [0.05, 0.1) is 11.7 Å². The monoisotopic (exact) mass is 178 g/mol. The van der Waals surface area contributed by atoms with Gasteiger partial charge < -0.3 is 10.8 Å². The highest BCUT2D eigenvalue weighted by Gasteiger charge is 2.08. The average Bonchev–Trinajstić information content (AvgIpc) is 2.46. The molecular weight excluding hydrogens is 172 g/mol. The number of anilines is 1. The van der Waals surface area contributed by atoms with Crippen molar-refractivity contribution in [1.29, 1.82) is 0 Å². The maximum Gasteiger partial charge on any atom is 0.432 e. The van der Waals surface area contributed by atoms with Crippen molar-refractivity contribution in [3.05, 3.63) is 18.3 Å². The molecule has 0 fully saturated rings. The van der Waals surface area contributed by atoms with Crippen LogP contribution in [0.4, 0.5) is 10.6 Å². The van der Waals surface area contributed by atoms with Crippen LogP contribution < -0.4 is 5.73 Å². The van der Waals surface area contributed by atoms with Gasteiger partial charge in [0.15, 0.2) is 0 Å². The molecule has 0 aliphatic heterocycles. The number of nitrogens with two attached hydrogens (primary N) is 1. The highest BCUT2D eigenvalue weighted by atomic mass is 16.4. The van der Waals surface area contributed by atoms with Crippen molar-refractivity contribution < 1.29 is 9.90 Å². The highest BCUT2D eigenvalue weighted by molar-refractivity contribution is 5.85. The van der Waals surface area contributed by atoms with E-state index in [-0.39, 0.29) is 0 Å². The Morgan fingerprint density at radius 2 is 2.31 bits per heavy atom. The minimum Gasteiger partial charge on any atom is -0.463 e. The zero-order valence-electron chi connectivity index (χ0n) is 6.51. The van der Waals surface area contributed by atoms with E-state index in [1.165, 1.54) is 12.3 Å². The van der Waals surface area contributed by atoms with Crippen molar-refractivity contribution >= 4 is 22.9 Å². The third-order valence-corrected chi connectivity index (χ3v) is 1.63. The number of fused-ring (bicyclic) bond motifs is 1. The molecule has 66 valence electrons. The molecule has 0 spiro atoms. The van der Waals surface area contributed by atoms with E-state index in [4.69, 9.17) is 10.8 Å². The fourth-order valence-corrected chi connectivity index (χ4v) is 1.08. The van der Waals surface area contributed by atoms with Crippen LogP contribution in [0.15, 0.2) is 18.3 Å². The molecule has 6 nitrogen and oxygen atoms in total. The summed E-state index contributed by atoms with van der Waals surface area (Å²) in [6.45, 7) is 0. The van der Waals surface area contributed by atoms with Gasteiger partial charge in [-0.3, -0.25) is 0 Å². The normalized spacial score (nSPS) is 10.5. The highest BCUT2D eigenvalue weighted by Crippen LogP contribution is 2.12. The second-order valence-electron chi connectivity index (χ2n) is 2.48. The molecule has 0 bridgehead atoms.